The summed E-state index contributed by atoms with van der Waals surface area (Å²) in [4.78, 5) is 11.9. The van der Waals surface area contributed by atoms with Crippen LogP contribution in [0.25, 0.3) is 0 Å². The molecule has 2 aliphatic carbocycles. The minimum Gasteiger partial charge on any atom is -0.368 e. The lowest BCUT2D eigenvalue weighted by Crippen LogP contribution is -2.54. The third kappa shape index (κ3) is 2.27. The Morgan fingerprint density at radius 3 is 2.74 bits per heavy atom. The van der Waals surface area contributed by atoms with E-state index in [4.69, 9.17) is 5.73 Å². The van der Waals surface area contributed by atoms with Crippen molar-refractivity contribution >= 4 is 5.91 Å². The van der Waals surface area contributed by atoms with E-state index >= 15 is 0 Å². The summed E-state index contributed by atoms with van der Waals surface area (Å²) in [5.74, 6) is -0.205. The zero-order valence-corrected chi connectivity index (χ0v) is 11.6. The van der Waals surface area contributed by atoms with E-state index in [0.717, 1.165) is 30.7 Å². The van der Waals surface area contributed by atoms with Gasteiger partial charge in [0.05, 0.1) is 17.3 Å². The van der Waals surface area contributed by atoms with Crippen molar-refractivity contribution in [2.45, 2.75) is 63.6 Å². The summed E-state index contributed by atoms with van der Waals surface area (Å²) >= 11 is 0. The van der Waals surface area contributed by atoms with E-state index in [2.05, 4.69) is 28.1 Å². The topological polar surface area (TPSA) is 72.9 Å². The van der Waals surface area contributed by atoms with Gasteiger partial charge in [-0.3, -0.25) is 9.48 Å². The van der Waals surface area contributed by atoms with Gasteiger partial charge in [-0.25, -0.2) is 0 Å². The highest BCUT2D eigenvalue weighted by atomic mass is 16.1. The van der Waals surface area contributed by atoms with Crippen LogP contribution in [0.3, 0.4) is 0 Å². The van der Waals surface area contributed by atoms with Crippen molar-refractivity contribution < 1.29 is 4.79 Å². The minimum absolute atomic E-state index is 0.205. The number of aryl methyl sites for hydroxylation is 2. The molecule has 0 aromatic carbocycles. The number of amides is 1. The third-order valence-corrected chi connectivity index (χ3v) is 4.41. The third-order valence-electron chi connectivity index (χ3n) is 4.41. The number of nitrogens with zero attached hydrogens (tertiary/aromatic N) is 2. The first kappa shape index (κ1) is 12.7. The number of primary amides is 1. The van der Waals surface area contributed by atoms with Crippen LogP contribution in [0, 0.1) is 13.8 Å². The number of nitrogens with one attached hydrogen (secondary N) is 1. The normalized spacial score (nSPS) is 30.7. The Bertz CT molecular complexity index is 506. The molecule has 104 valence electrons. The average molecular weight is 262 g/mol. The lowest BCUT2D eigenvalue weighted by Gasteiger charge is -2.27. The molecule has 2 unspecified atom stereocenters. The zero-order chi connectivity index (χ0) is 13.6. The van der Waals surface area contributed by atoms with Crippen LogP contribution in [0.2, 0.25) is 0 Å². The summed E-state index contributed by atoms with van der Waals surface area (Å²) in [6.45, 7) is 4.07. The summed E-state index contributed by atoms with van der Waals surface area (Å²) in [5, 5.41) is 8.02. The van der Waals surface area contributed by atoms with Crippen molar-refractivity contribution in [2.75, 3.05) is 0 Å². The summed E-state index contributed by atoms with van der Waals surface area (Å²) in [7, 11) is 0. The summed E-state index contributed by atoms with van der Waals surface area (Å²) < 4.78 is 2.06. The van der Waals surface area contributed by atoms with Crippen LogP contribution in [-0.4, -0.2) is 27.3 Å². The second-order valence-electron chi connectivity index (χ2n) is 6.13. The second kappa shape index (κ2) is 4.34. The Balaban J connectivity index is 1.80. The molecule has 2 saturated carbocycles. The van der Waals surface area contributed by atoms with Crippen molar-refractivity contribution in [1.82, 2.24) is 15.1 Å². The molecule has 0 bridgehead atoms. The van der Waals surface area contributed by atoms with Gasteiger partial charge in [-0.05, 0) is 52.0 Å². The van der Waals surface area contributed by atoms with Crippen LogP contribution in [0.4, 0.5) is 0 Å². The SMILES string of the molecule is Cc1cc(C)n(C2CCC(NC3CC3)(C(N)=O)C2)n1. The molecule has 5 nitrogen and oxygen atoms in total. The van der Waals surface area contributed by atoms with E-state index < -0.39 is 5.54 Å². The van der Waals surface area contributed by atoms with Gasteiger partial charge in [0.15, 0.2) is 0 Å². The molecule has 2 aliphatic rings. The number of hydrogen-bond donors (Lipinski definition) is 2. The fraction of sp³-hybridized carbons (Fsp3) is 0.714. The maximum atomic E-state index is 11.9. The van der Waals surface area contributed by atoms with Crippen molar-refractivity contribution in [3.63, 3.8) is 0 Å². The Labute approximate surface area is 113 Å². The van der Waals surface area contributed by atoms with Crippen LogP contribution < -0.4 is 11.1 Å². The maximum absolute atomic E-state index is 11.9. The molecule has 3 rings (SSSR count). The molecule has 2 atom stereocenters. The first-order chi connectivity index (χ1) is 9.00. The van der Waals surface area contributed by atoms with Gasteiger partial charge < -0.3 is 11.1 Å². The van der Waals surface area contributed by atoms with Crippen LogP contribution in [0.5, 0.6) is 0 Å². The molecule has 0 radical (unpaired) electrons. The smallest absolute Gasteiger partial charge is 0.237 e. The molecule has 1 aromatic rings. The van der Waals surface area contributed by atoms with Gasteiger partial charge in [0, 0.05) is 11.7 Å². The molecule has 19 heavy (non-hydrogen) atoms. The molecule has 1 aromatic heterocycles. The standard InChI is InChI=1S/C14H22N4O/c1-9-7-10(2)18(17-9)12-5-6-14(8-12,13(15)19)16-11-3-4-11/h7,11-12,16H,3-6,8H2,1-2H3,(H2,15,19). The molecule has 1 amide bonds. The van der Waals surface area contributed by atoms with Gasteiger partial charge in [0.2, 0.25) is 5.91 Å². The molecule has 2 fully saturated rings. The van der Waals surface area contributed by atoms with E-state index in [1.807, 2.05) is 6.92 Å². The van der Waals surface area contributed by atoms with Crippen molar-refractivity contribution in [2.24, 2.45) is 5.73 Å². The Morgan fingerprint density at radius 2 is 2.21 bits per heavy atom. The number of carbonyl (C=O) groups is 1. The first-order valence-electron chi connectivity index (χ1n) is 7.10. The van der Waals surface area contributed by atoms with Gasteiger partial charge in [-0.1, -0.05) is 0 Å². The van der Waals surface area contributed by atoms with Crippen LogP contribution in [0.15, 0.2) is 6.07 Å². The van der Waals surface area contributed by atoms with E-state index in [0.29, 0.717) is 6.04 Å². The molecule has 1 heterocycles. The van der Waals surface area contributed by atoms with E-state index in [1.165, 1.54) is 12.8 Å². The Morgan fingerprint density at radius 1 is 1.47 bits per heavy atom. The quantitative estimate of drug-likeness (QED) is 0.856. The number of aromatic nitrogens is 2. The van der Waals surface area contributed by atoms with Crippen molar-refractivity contribution in [3.8, 4) is 0 Å². The molecule has 3 N–H and O–H groups in total. The largest absolute Gasteiger partial charge is 0.368 e. The van der Waals surface area contributed by atoms with Crippen molar-refractivity contribution in [1.29, 1.82) is 0 Å². The predicted octanol–water partition coefficient (Wildman–Crippen LogP) is 1.20. The highest BCUT2D eigenvalue weighted by Gasteiger charge is 2.47. The van der Waals surface area contributed by atoms with Gasteiger partial charge >= 0.3 is 0 Å². The molecule has 0 aliphatic heterocycles. The molecule has 0 spiro atoms. The zero-order valence-electron chi connectivity index (χ0n) is 11.6. The minimum atomic E-state index is -0.516. The molecule has 0 saturated heterocycles. The summed E-state index contributed by atoms with van der Waals surface area (Å²) in [6, 6.07) is 2.86. The first-order valence-corrected chi connectivity index (χ1v) is 7.10. The number of nitrogens with two attached hydrogens (primary N) is 1. The van der Waals surface area contributed by atoms with Crippen LogP contribution in [-0.2, 0) is 4.79 Å². The predicted molar refractivity (Wildman–Crippen MR) is 72.7 cm³/mol. The van der Waals surface area contributed by atoms with Gasteiger partial charge in [-0.15, -0.1) is 0 Å². The van der Waals surface area contributed by atoms with Gasteiger partial charge in [0.25, 0.3) is 0 Å². The van der Waals surface area contributed by atoms with Gasteiger partial charge in [-0.2, -0.15) is 5.10 Å². The second-order valence-corrected chi connectivity index (χ2v) is 6.13. The fourth-order valence-corrected chi connectivity index (χ4v) is 3.29. The Hall–Kier alpha value is -1.36. The highest BCUT2D eigenvalue weighted by molar-refractivity contribution is 5.85. The molecular formula is C14H22N4O. The van der Waals surface area contributed by atoms with Crippen LogP contribution >= 0.6 is 0 Å². The molecule has 5 heteroatoms. The van der Waals surface area contributed by atoms with Crippen LogP contribution in [0.1, 0.15) is 49.5 Å². The lowest BCUT2D eigenvalue weighted by atomic mass is 9.96. The number of carbonyl (C=O) groups excluding carboxylic acids is 1. The maximum Gasteiger partial charge on any atom is 0.237 e. The highest BCUT2D eigenvalue weighted by Crippen LogP contribution is 2.40. The lowest BCUT2D eigenvalue weighted by molar-refractivity contribution is -0.124. The average Bonchev–Trinajstić information content (AvgIpc) is 2.92. The van der Waals surface area contributed by atoms with E-state index in [-0.39, 0.29) is 11.9 Å². The Kier molecular flexibility index (Phi) is 2.89. The van der Waals surface area contributed by atoms with Gasteiger partial charge in [0.1, 0.15) is 0 Å². The van der Waals surface area contributed by atoms with E-state index in [1.54, 1.807) is 0 Å². The number of rotatable bonds is 4. The summed E-state index contributed by atoms with van der Waals surface area (Å²) in [5.41, 5.74) is 7.34. The van der Waals surface area contributed by atoms with E-state index in [9.17, 15) is 4.79 Å². The number of hydrogen-bond acceptors (Lipinski definition) is 3. The molecular weight excluding hydrogens is 240 g/mol. The van der Waals surface area contributed by atoms with Crippen molar-refractivity contribution in [3.05, 3.63) is 17.5 Å². The fourth-order valence-electron chi connectivity index (χ4n) is 3.29. The summed E-state index contributed by atoms with van der Waals surface area (Å²) in [6.07, 6.45) is 4.88. The monoisotopic (exact) mass is 262 g/mol.